The largest absolute Gasteiger partial charge is 0.443 e. The molecule has 1 heterocycles. The van der Waals surface area contributed by atoms with E-state index >= 15 is 0 Å². The lowest BCUT2D eigenvalue weighted by Crippen LogP contribution is -2.55. The van der Waals surface area contributed by atoms with Gasteiger partial charge in [0.25, 0.3) is 0 Å². The van der Waals surface area contributed by atoms with Crippen LogP contribution in [0.4, 0.5) is 13.2 Å². The van der Waals surface area contributed by atoms with Gasteiger partial charge in [-0.05, 0) is 6.92 Å². The van der Waals surface area contributed by atoms with Gasteiger partial charge in [-0.25, -0.2) is 0 Å². The van der Waals surface area contributed by atoms with Crippen LogP contribution in [0.3, 0.4) is 0 Å². The highest BCUT2D eigenvalue weighted by Gasteiger charge is 2.74. The first-order valence-corrected chi connectivity index (χ1v) is 7.36. The summed E-state index contributed by atoms with van der Waals surface area (Å²) < 4.78 is 41.9. The number of aryl methyl sites for hydroxylation is 1. The standard InChI is InChI=1S/C17H13F3N2O3/c1-11-7-9-12(10-8-11)14-15(22(23)24)16(25-21-14,17(18,19)20)13-5-3-2-4-6-13/h2-10,15H,1H3/t15-,16-/m0/s1. The number of rotatable bonds is 3. The smallest absolute Gasteiger partial charge is 0.366 e. The first-order chi connectivity index (χ1) is 11.8. The molecule has 0 aromatic heterocycles. The van der Waals surface area contributed by atoms with E-state index in [1.165, 1.54) is 30.3 Å². The number of halogens is 3. The van der Waals surface area contributed by atoms with Gasteiger partial charge in [-0.15, -0.1) is 0 Å². The van der Waals surface area contributed by atoms with E-state index in [2.05, 4.69) is 5.16 Å². The summed E-state index contributed by atoms with van der Waals surface area (Å²) in [6, 6.07) is 10.6. The summed E-state index contributed by atoms with van der Waals surface area (Å²) in [6.07, 6.45) is -5.04. The van der Waals surface area contributed by atoms with Crippen LogP contribution in [0.25, 0.3) is 0 Å². The van der Waals surface area contributed by atoms with E-state index in [9.17, 15) is 23.3 Å². The molecule has 8 heteroatoms. The molecule has 0 spiro atoms. The van der Waals surface area contributed by atoms with Gasteiger partial charge < -0.3 is 4.84 Å². The Hall–Kier alpha value is -2.90. The van der Waals surface area contributed by atoms with Crippen molar-refractivity contribution >= 4 is 5.71 Å². The average molecular weight is 350 g/mol. The number of nitrogens with zero attached hydrogens (tertiary/aromatic N) is 2. The molecule has 0 aliphatic carbocycles. The Morgan fingerprint density at radius 2 is 1.72 bits per heavy atom. The van der Waals surface area contributed by atoms with Crippen LogP contribution in [0.15, 0.2) is 59.8 Å². The van der Waals surface area contributed by atoms with Crippen molar-refractivity contribution in [3.05, 3.63) is 81.4 Å². The summed E-state index contributed by atoms with van der Waals surface area (Å²) in [5.41, 5.74) is -2.81. The van der Waals surface area contributed by atoms with Gasteiger partial charge in [-0.2, -0.15) is 13.2 Å². The molecule has 1 aliphatic rings. The molecule has 0 N–H and O–H groups in total. The van der Waals surface area contributed by atoms with Gasteiger partial charge >= 0.3 is 17.8 Å². The van der Waals surface area contributed by atoms with E-state index in [1.54, 1.807) is 19.1 Å². The second-order valence-electron chi connectivity index (χ2n) is 5.72. The summed E-state index contributed by atoms with van der Waals surface area (Å²) in [6.45, 7) is 1.80. The van der Waals surface area contributed by atoms with Crippen LogP contribution in [-0.2, 0) is 10.4 Å². The highest BCUT2D eigenvalue weighted by atomic mass is 19.4. The molecule has 0 fully saturated rings. The summed E-state index contributed by atoms with van der Waals surface area (Å²) in [5, 5.41) is 15.1. The topological polar surface area (TPSA) is 64.7 Å². The second kappa shape index (κ2) is 5.87. The molecular formula is C17H13F3N2O3. The summed E-state index contributed by atoms with van der Waals surface area (Å²) >= 11 is 0. The Labute approximate surface area is 140 Å². The fourth-order valence-electron chi connectivity index (χ4n) is 2.86. The second-order valence-corrected chi connectivity index (χ2v) is 5.72. The van der Waals surface area contributed by atoms with Gasteiger partial charge in [-0.3, -0.25) is 10.1 Å². The van der Waals surface area contributed by atoms with E-state index in [4.69, 9.17) is 4.84 Å². The van der Waals surface area contributed by atoms with Crippen LogP contribution in [0, 0.1) is 17.0 Å². The zero-order valence-corrected chi connectivity index (χ0v) is 13.0. The van der Waals surface area contributed by atoms with Crippen LogP contribution >= 0.6 is 0 Å². The van der Waals surface area contributed by atoms with Crippen molar-refractivity contribution in [2.75, 3.05) is 0 Å². The predicted molar refractivity (Wildman–Crippen MR) is 83.8 cm³/mol. The fourth-order valence-corrected chi connectivity index (χ4v) is 2.86. The maximum atomic E-state index is 14.0. The monoisotopic (exact) mass is 350 g/mol. The molecule has 25 heavy (non-hydrogen) atoms. The Balaban J connectivity index is 2.18. The Kier molecular flexibility index (Phi) is 3.98. The number of hydrogen-bond acceptors (Lipinski definition) is 4. The Bertz CT molecular complexity index is 819. The Morgan fingerprint density at radius 1 is 1.12 bits per heavy atom. The number of hydrogen-bond donors (Lipinski definition) is 0. The normalized spacial score (nSPS) is 23.0. The van der Waals surface area contributed by atoms with Gasteiger partial charge in [0.1, 0.15) is 0 Å². The van der Waals surface area contributed by atoms with E-state index < -0.39 is 22.7 Å². The zero-order chi connectivity index (χ0) is 18.2. The van der Waals surface area contributed by atoms with Crippen molar-refractivity contribution in [3.63, 3.8) is 0 Å². The SMILES string of the molecule is Cc1ccc(C2=NO[C@](c3ccccc3)(C(F)(F)F)[C@H]2[N+](=O)[O-])cc1. The molecule has 0 bridgehead atoms. The molecule has 2 atom stereocenters. The predicted octanol–water partition coefficient (Wildman–Crippen LogP) is 3.83. The first-order valence-electron chi connectivity index (χ1n) is 7.36. The molecule has 0 unspecified atom stereocenters. The summed E-state index contributed by atoms with van der Waals surface area (Å²) in [4.78, 5) is 15.4. The van der Waals surface area contributed by atoms with Crippen molar-refractivity contribution in [2.24, 2.45) is 5.16 Å². The van der Waals surface area contributed by atoms with Crippen molar-refractivity contribution < 1.29 is 22.9 Å². The first kappa shape index (κ1) is 16.9. The molecule has 2 aromatic carbocycles. The van der Waals surface area contributed by atoms with Crippen molar-refractivity contribution in [1.29, 1.82) is 0 Å². The van der Waals surface area contributed by atoms with Gasteiger partial charge in [0.05, 0.1) is 0 Å². The van der Waals surface area contributed by atoms with Crippen molar-refractivity contribution in [2.45, 2.75) is 24.7 Å². The molecule has 3 rings (SSSR count). The maximum absolute atomic E-state index is 14.0. The molecule has 0 amide bonds. The minimum absolute atomic E-state index is 0.217. The third-order valence-electron chi connectivity index (χ3n) is 4.11. The molecule has 1 aliphatic heterocycles. The molecule has 0 radical (unpaired) electrons. The van der Waals surface area contributed by atoms with Crippen LogP contribution in [0.2, 0.25) is 0 Å². The van der Waals surface area contributed by atoms with Crippen LogP contribution in [0.5, 0.6) is 0 Å². The van der Waals surface area contributed by atoms with Crippen LogP contribution in [-0.4, -0.2) is 22.9 Å². The van der Waals surface area contributed by atoms with E-state index in [-0.39, 0.29) is 16.8 Å². The Morgan fingerprint density at radius 3 is 2.24 bits per heavy atom. The summed E-state index contributed by atoms with van der Waals surface area (Å²) in [5.74, 6) is 0. The average Bonchev–Trinajstić information content (AvgIpc) is 2.98. The highest BCUT2D eigenvalue weighted by molar-refractivity contribution is 6.05. The number of alkyl halides is 3. The lowest BCUT2D eigenvalue weighted by Gasteiger charge is -2.30. The van der Waals surface area contributed by atoms with Crippen LogP contribution < -0.4 is 0 Å². The molecule has 130 valence electrons. The molecule has 0 saturated heterocycles. The van der Waals surface area contributed by atoms with Crippen LogP contribution in [0.1, 0.15) is 16.7 Å². The molecular weight excluding hydrogens is 337 g/mol. The van der Waals surface area contributed by atoms with E-state index in [0.29, 0.717) is 0 Å². The molecule has 2 aromatic rings. The molecule has 5 nitrogen and oxygen atoms in total. The fraction of sp³-hybridized carbons (Fsp3) is 0.235. The minimum Gasteiger partial charge on any atom is -0.366 e. The van der Waals surface area contributed by atoms with E-state index in [0.717, 1.165) is 17.7 Å². The number of oxime groups is 1. The number of nitro groups is 1. The third kappa shape index (κ3) is 2.63. The van der Waals surface area contributed by atoms with Gasteiger partial charge in [0.15, 0.2) is 5.71 Å². The van der Waals surface area contributed by atoms with E-state index in [1.807, 2.05) is 0 Å². The summed E-state index contributed by atoms with van der Waals surface area (Å²) in [7, 11) is 0. The number of benzene rings is 2. The van der Waals surface area contributed by atoms with Gasteiger partial charge in [0.2, 0.25) is 0 Å². The lowest BCUT2D eigenvalue weighted by atomic mass is 9.82. The highest BCUT2D eigenvalue weighted by Crippen LogP contribution is 2.49. The maximum Gasteiger partial charge on any atom is 0.443 e. The third-order valence-corrected chi connectivity index (χ3v) is 4.11. The lowest BCUT2D eigenvalue weighted by molar-refractivity contribution is -0.540. The van der Waals surface area contributed by atoms with Gasteiger partial charge in [-0.1, -0.05) is 65.3 Å². The molecule has 0 saturated carbocycles. The minimum atomic E-state index is -5.04. The zero-order valence-electron chi connectivity index (χ0n) is 13.0. The van der Waals surface area contributed by atoms with Gasteiger partial charge in [0, 0.05) is 16.1 Å². The quantitative estimate of drug-likeness (QED) is 0.624. The van der Waals surface area contributed by atoms with Crippen molar-refractivity contribution in [3.8, 4) is 0 Å². The van der Waals surface area contributed by atoms with Crippen molar-refractivity contribution in [1.82, 2.24) is 0 Å².